The molecule has 0 N–H and O–H groups in total. The molecule has 0 saturated heterocycles. The second-order valence-corrected chi connectivity index (χ2v) is 34.0. The number of unbranched alkanes of at least 4 members (excludes halogenated alkanes) is 2. The fraction of sp³-hybridized carbons (Fsp3) is 0.111. The molecular formula is C90H76Au4P4+4. The van der Waals surface area contributed by atoms with Gasteiger partial charge in [0.1, 0.15) is 0 Å². The van der Waals surface area contributed by atoms with Gasteiger partial charge in [-0.2, -0.15) is 0 Å². The first kappa shape index (κ1) is 78.9. The molecule has 12 aromatic rings. The minimum atomic E-state index is -0.714. The molecule has 8 heteroatoms. The summed E-state index contributed by atoms with van der Waals surface area (Å²) in [6, 6.07) is 113. The number of rotatable bonds is 18. The summed E-state index contributed by atoms with van der Waals surface area (Å²) in [5.74, 6) is 9.65. The summed E-state index contributed by atoms with van der Waals surface area (Å²) in [6.07, 6.45) is 40.7. The molecule has 0 heterocycles. The van der Waals surface area contributed by atoms with E-state index in [2.05, 4.69) is 266 Å². The van der Waals surface area contributed by atoms with E-state index >= 15 is 0 Å². The van der Waals surface area contributed by atoms with Gasteiger partial charge in [-0.3, -0.25) is 23.7 Å². The molecule has 14 rings (SSSR count). The summed E-state index contributed by atoms with van der Waals surface area (Å²) < 4.78 is 0. The van der Waals surface area contributed by atoms with Gasteiger partial charge in [-0.25, -0.2) is 0 Å². The molecule has 0 bridgehead atoms. The molecule has 0 saturated carbocycles. The van der Waals surface area contributed by atoms with Crippen LogP contribution in [-0.4, -0.2) is 24.6 Å². The van der Waals surface area contributed by atoms with Gasteiger partial charge in [0.25, 0.3) is 0 Å². The molecule has 0 amide bonds. The Labute approximate surface area is 651 Å². The van der Waals surface area contributed by atoms with Crippen molar-refractivity contribution in [2.75, 3.05) is 24.6 Å². The number of benzene rings is 12. The van der Waals surface area contributed by atoms with Gasteiger partial charge in [-0.15, -0.1) is 70.8 Å². The quantitative estimate of drug-likeness (QED) is 0.0264. The zero-order valence-corrected chi connectivity index (χ0v) is 67.0. The molecule has 0 aromatic heterocycles. The van der Waals surface area contributed by atoms with E-state index in [1.807, 2.05) is 72.8 Å². The number of fused-ring (bicyclic) bond motifs is 6. The maximum atomic E-state index is 7.15. The van der Waals surface area contributed by atoms with Crippen LogP contribution in [0.15, 0.2) is 315 Å². The smallest absolute Gasteiger partial charge is 0.366 e. The van der Waals surface area contributed by atoms with Crippen LogP contribution in [0.1, 0.15) is 70.2 Å². The van der Waals surface area contributed by atoms with E-state index in [4.69, 9.17) is 25.7 Å². The Hall–Kier alpha value is -6.44. The fourth-order valence-electron chi connectivity index (χ4n) is 12.9. The third-order valence-electron chi connectivity index (χ3n) is 17.5. The second-order valence-electron chi connectivity index (χ2n) is 23.6. The van der Waals surface area contributed by atoms with Crippen molar-refractivity contribution in [1.82, 2.24) is 0 Å². The van der Waals surface area contributed by atoms with E-state index in [0.717, 1.165) is 35.1 Å². The zero-order chi connectivity index (χ0) is 64.5. The van der Waals surface area contributed by atoms with Gasteiger partial charge in [-0.1, -0.05) is 192 Å². The van der Waals surface area contributed by atoms with Crippen molar-refractivity contribution in [2.45, 2.75) is 38.5 Å². The van der Waals surface area contributed by atoms with E-state index in [1.165, 1.54) is 137 Å². The molecular weight excluding hydrogens is 1990 g/mol. The van der Waals surface area contributed by atoms with Crippen LogP contribution in [0.5, 0.6) is 0 Å². The summed E-state index contributed by atoms with van der Waals surface area (Å²) in [5.41, 5.74) is 13.1. The topological polar surface area (TPSA) is 0 Å². The molecule has 12 aromatic carbocycles. The van der Waals surface area contributed by atoms with Gasteiger partial charge >= 0.3 is 89.5 Å². The Balaban J connectivity index is 0.000000187. The van der Waals surface area contributed by atoms with Crippen molar-refractivity contribution in [2.24, 2.45) is 0 Å². The van der Waals surface area contributed by atoms with Crippen LogP contribution in [0.2, 0.25) is 0 Å². The third-order valence-corrected chi connectivity index (χ3v) is 29.2. The summed E-state index contributed by atoms with van der Waals surface area (Å²) in [5, 5.41) is 12.3. The van der Waals surface area contributed by atoms with Gasteiger partial charge < -0.3 is 25.7 Å². The maximum absolute atomic E-state index is 7.15. The molecule has 496 valence electrons. The largest absolute Gasteiger partial charge is 1.00 e. The Kier molecular flexibility index (Phi) is 33.8. The zero-order valence-electron chi connectivity index (χ0n) is 54.3. The Bertz CT molecular complexity index is 3800. The molecule has 0 unspecified atom stereocenters. The van der Waals surface area contributed by atoms with Gasteiger partial charge in [0.2, 0.25) is 0 Å². The van der Waals surface area contributed by atoms with E-state index in [0.29, 0.717) is 0 Å². The molecule has 2 aliphatic rings. The van der Waals surface area contributed by atoms with Crippen molar-refractivity contribution in [1.29, 1.82) is 0 Å². The SMILES string of the molecule is [Au+].[Au+].[Au+].[Au+].[C-]#Cc1ccc2c(c1)Cc1cc(C#[C-])ccc1-2.[C-]#Cc1ccc2c(c1)Cc1cc(C#[C-])ccc1-2.c1ccc([PH+](CCCC[PH+](c2ccccc2)c2ccccc2)c2ccccc2)cc1.c1ccc([PH+](CCCC[PH+](c2ccccc2)c2ccccc2)c2ccccc2)cc1. The Morgan fingerprint density at radius 2 is 0.367 bits per heavy atom. The standard InChI is InChI=1S/2C28H28P2.2C17H8.4Au/c2*1-5-15-25(16-6-1)29(26-17-7-2-8-18-26)23-13-14-24-30(27-19-9-3-10-20-27)28-21-11-4-12-22-28;2*1-3-12-5-7-16-14(9-12)11-15-10-13(4-2)6-8-17(15)16;;;;/h2*1-12,15-22H,13-14,23-24H2;2*5-10H,11H2;;;;/q;;2*-2;4*+1/p+4. The van der Waals surface area contributed by atoms with Crippen LogP contribution in [-0.2, 0) is 102 Å². The van der Waals surface area contributed by atoms with Gasteiger partial charge in [-0.05, 0) is 158 Å². The molecule has 0 atom stereocenters. The molecule has 0 spiro atoms. The Morgan fingerprint density at radius 1 is 0.214 bits per heavy atom. The summed E-state index contributed by atoms with van der Waals surface area (Å²) in [4.78, 5) is 0. The predicted molar refractivity (Wildman–Crippen MR) is 414 cm³/mol. The van der Waals surface area contributed by atoms with Crippen molar-refractivity contribution < 1.29 is 89.5 Å². The average molecular weight is 2070 g/mol. The van der Waals surface area contributed by atoms with Crippen LogP contribution in [0, 0.1) is 49.4 Å². The van der Waals surface area contributed by atoms with Crippen LogP contribution in [0.4, 0.5) is 0 Å². The first-order chi connectivity index (χ1) is 46.5. The third kappa shape index (κ3) is 21.8. The van der Waals surface area contributed by atoms with Gasteiger partial charge in [0, 0.05) is 0 Å². The summed E-state index contributed by atoms with van der Waals surface area (Å²) in [6.45, 7) is 0. The van der Waals surface area contributed by atoms with Crippen LogP contribution in [0.25, 0.3) is 22.3 Å². The second kappa shape index (κ2) is 42.0. The number of hydrogen-bond acceptors (Lipinski definition) is 0. The van der Waals surface area contributed by atoms with E-state index in [1.54, 1.807) is 0 Å². The molecule has 98 heavy (non-hydrogen) atoms. The van der Waals surface area contributed by atoms with Crippen molar-refractivity contribution in [3.05, 3.63) is 386 Å². The fourth-order valence-corrected chi connectivity index (χ4v) is 23.7. The van der Waals surface area contributed by atoms with Crippen LogP contribution >= 0.6 is 31.7 Å². The maximum Gasteiger partial charge on any atom is 1.00 e. The average Bonchev–Trinajstić information content (AvgIpc) is 1.63. The first-order valence-corrected chi connectivity index (χ1v) is 39.4. The molecule has 0 fully saturated rings. The summed E-state index contributed by atoms with van der Waals surface area (Å²) in [7, 11) is -2.86. The minimum absolute atomic E-state index is 0. The Morgan fingerprint density at radius 3 is 0.510 bits per heavy atom. The molecule has 2 aliphatic carbocycles. The van der Waals surface area contributed by atoms with E-state index in [9.17, 15) is 0 Å². The van der Waals surface area contributed by atoms with Crippen molar-refractivity contribution in [3.8, 4) is 45.9 Å². The van der Waals surface area contributed by atoms with Gasteiger partial charge in [0.15, 0.2) is 0 Å². The van der Waals surface area contributed by atoms with E-state index in [-0.39, 0.29) is 89.5 Å². The number of hydrogen-bond donors (Lipinski definition) is 0. The summed E-state index contributed by atoms with van der Waals surface area (Å²) >= 11 is 0. The van der Waals surface area contributed by atoms with Crippen LogP contribution in [0.3, 0.4) is 0 Å². The predicted octanol–water partition coefficient (Wildman–Crippen LogP) is 17.3. The molecule has 0 aliphatic heterocycles. The monoisotopic (exact) mass is 2070 g/mol. The van der Waals surface area contributed by atoms with Crippen molar-refractivity contribution >= 4 is 74.1 Å². The molecule has 0 nitrogen and oxygen atoms in total. The van der Waals surface area contributed by atoms with E-state index < -0.39 is 31.7 Å². The molecule has 0 radical (unpaired) electrons. The first-order valence-electron chi connectivity index (χ1n) is 32.6. The van der Waals surface area contributed by atoms with Gasteiger partial charge in [0.05, 0.1) is 98.8 Å². The minimum Gasteiger partial charge on any atom is -0.366 e. The van der Waals surface area contributed by atoms with Crippen molar-refractivity contribution in [3.63, 3.8) is 0 Å². The van der Waals surface area contributed by atoms with Crippen LogP contribution < -0.4 is 42.4 Å². The normalized spacial score (nSPS) is 10.7.